The molecule has 0 bridgehead atoms. The van der Waals surface area contributed by atoms with Crippen molar-refractivity contribution in [2.24, 2.45) is 5.92 Å². The molecule has 0 radical (unpaired) electrons. The molecule has 2 aromatic heterocycles. The molecule has 1 aliphatic rings. The highest BCUT2D eigenvalue weighted by atomic mass is 35.5. The third-order valence-electron chi connectivity index (χ3n) is 6.34. The number of ketones is 1. The molecule has 3 aromatic rings. The maximum atomic E-state index is 12.0. The number of benzene rings is 1. The minimum Gasteiger partial charge on any atom is -0.495 e. The number of rotatable bonds is 8. The first-order valence-electron chi connectivity index (χ1n) is 11.3. The molecule has 1 aliphatic heterocycles. The van der Waals surface area contributed by atoms with Crippen LogP contribution in [0, 0.1) is 5.92 Å². The second-order valence-electron chi connectivity index (χ2n) is 8.58. The molecule has 0 aliphatic carbocycles. The van der Waals surface area contributed by atoms with E-state index in [0.717, 1.165) is 10.8 Å². The lowest BCUT2D eigenvalue weighted by atomic mass is 9.97. The Morgan fingerprint density at radius 2 is 1.72 bits per heavy atom. The molecule has 1 aromatic carbocycles. The first kappa shape index (κ1) is 25.7. The number of anilines is 1. The Hall–Kier alpha value is -3.36. The van der Waals surface area contributed by atoms with Crippen LogP contribution in [0.25, 0.3) is 22.0 Å². The highest BCUT2D eigenvalue weighted by molar-refractivity contribution is 6.41. The van der Waals surface area contributed by atoms with Gasteiger partial charge in [-0.3, -0.25) is 14.6 Å². The normalized spacial score (nSPS) is 17.2. The SMILES string of the molecule is C=CC(=O)C[C@H]1CN(C(C)=O)C[C@H]1Nc1cc2cnc(-c3c(Cl)c(OC)cc(OC)c3Cl)cc2cn1. The van der Waals surface area contributed by atoms with Gasteiger partial charge in [0.25, 0.3) is 0 Å². The lowest BCUT2D eigenvalue weighted by Gasteiger charge is -2.19. The van der Waals surface area contributed by atoms with E-state index < -0.39 is 0 Å². The molecule has 188 valence electrons. The molecule has 1 fully saturated rings. The van der Waals surface area contributed by atoms with Crippen LogP contribution in [-0.2, 0) is 9.59 Å². The molecule has 36 heavy (non-hydrogen) atoms. The molecular weight excluding hydrogens is 503 g/mol. The van der Waals surface area contributed by atoms with Crippen molar-refractivity contribution in [2.45, 2.75) is 19.4 Å². The number of methoxy groups -OCH3 is 2. The number of nitrogens with zero attached hydrogens (tertiary/aromatic N) is 3. The van der Waals surface area contributed by atoms with Crippen LogP contribution in [0.15, 0.2) is 43.2 Å². The molecule has 0 spiro atoms. The summed E-state index contributed by atoms with van der Waals surface area (Å²) >= 11 is 13.1. The molecule has 0 saturated carbocycles. The molecule has 4 rings (SSSR count). The predicted molar refractivity (Wildman–Crippen MR) is 141 cm³/mol. The fourth-order valence-corrected chi connectivity index (χ4v) is 5.09. The summed E-state index contributed by atoms with van der Waals surface area (Å²) in [4.78, 5) is 34.8. The predicted octanol–water partition coefficient (Wildman–Crippen LogP) is 5.02. The van der Waals surface area contributed by atoms with Crippen LogP contribution in [0.5, 0.6) is 11.5 Å². The van der Waals surface area contributed by atoms with Crippen LogP contribution in [-0.4, -0.2) is 59.9 Å². The fourth-order valence-electron chi connectivity index (χ4n) is 4.39. The number of allylic oxidation sites excluding steroid dienone is 1. The topological polar surface area (TPSA) is 93.7 Å². The number of likely N-dealkylation sites (tertiary alicyclic amines) is 1. The third-order valence-corrected chi connectivity index (χ3v) is 7.09. The van der Waals surface area contributed by atoms with Crippen molar-refractivity contribution in [1.29, 1.82) is 0 Å². The van der Waals surface area contributed by atoms with Crippen molar-refractivity contribution in [3.63, 3.8) is 0 Å². The summed E-state index contributed by atoms with van der Waals surface area (Å²) < 4.78 is 10.7. The smallest absolute Gasteiger partial charge is 0.219 e. The first-order chi connectivity index (χ1) is 17.2. The number of fused-ring (bicyclic) bond motifs is 1. The second kappa shape index (κ2) is 10.7. The Balaban J connectivity index is 1.64. The molecular formula is C26H26Cl2N4O4. The number of carbonyl (C=O) groups is 2. The number of ether oxygens (including phenoxy) is 2. The van der Waals surface area contributed by atoms with Gasteiger partial charge in [0.2, 0.25) is 5.91 Å². The van der Waals surface area contributed by atoms with E-state index in [4.69, 9.17) is 32.7 Å². The van der Waals surface area contributed by atoms with Gasteiger partial charge < -0.3 is 19.7 Å². The largest absolute Gasteiger partial charge is 0.495 e. The van der Waals surface area contributed by atoms with Gasteiger partial charge in [0, 0.05) is 67.1 Å². The van der Waals surface area contributed by atoms with Gasteiger partial charge in [0.15, 0.2) is 5.78 Å². The van der Waals surface area contributed by atoms with E-state index in [2.05, 4.69) is 21.9 Å². The summed E-state index contributed by atoms with van der Waals surface area (Å²) in [6, 6.07) is 5.24. The minimum atomic E-state index is -0.114. The number of aromatic nitrogens is 2. The van der Waals surface area contributed by atoms with Crippen LogP contribution < -0.4 is 14.8 Å². The van der Waals surface area contributed by atoms with Gasteiger partial charge in [-0.15, -0.1) is 0 Å². The van der Waals surface area contributed by atoms with Crippen molar-refractivity contribution in [3.05, 3.63) is 53.3 Å². The Bertz CT molecular complexity index is 1320. The van der Waals surface area contributed by atoms with Crippen molar-refractivity contribution >= 4 is 51.5 Å². The zero-order valence-electron chi connectivity index (χ0n) is 20.2. The zero-order chi connectivity index (χ0) is 26.0. The number of carbonyl (C=O) groups excluding carboxylic acids is 2. The molecule has 2 atom stereocenters. The molecule has 3 heterocycles. The number of amides is 1. The summed E-state index contributed by atoms with van der Waals surface area (Å²) in [5, 5.41) is 5.73. The van der Waals surface area contributed by atoms with Crippen molar-refractivity contribution < 1.29 is 19.1 Å². The lowest BCUT2D eigenvalue weighted by Crippen LogP contribution is -2.31. The van der Waals surface area contributed by atoms with Crippen LogP contribution in [0.1, 0.15) is 13.3 Å². The van der Waals surface area contributed by atoms with E-state index in [0.29, 0.717) is 58.1 Å². The summed E-state index contributed by atoms with van der Waals surface area (Å²) in [6.07, 6.45) is 5.07. The number of hydrogen-bond donors (Lipinski definition) is 1. The van der Waals surface area contributed by atoms with E-state index >= 15 is 0 Å². The number of nitrogens with one attached hydrogen (secondary N) is 1. The molecule has 1 amide bonds. The van der Waals surface area contributed by atoms with Crippen LogP contribution >= 0.6 is 23.2 Å². The van der Waals surface area contributed by atoms with Crippen molar-refractivity contribution in [3.8, 4) is 22.8 Å². The summed E-state index contributed by atoms with van der Waals surface area (Å²) in [7, 11) is 3.03. The first-order valence-corrected chi connectivity index (χ1v) is 12.0. The fraction of sp³-hybridized carbons (Fsp3) is 0.308. The lowest BCUT2D eigenvalue weighted by molar-refractivity contribution is -0.128. The van der Waals surface area contributed by atoms with Gasteiger partial charge in [-0.2, -0.15) is 0 Å². The quantitative estimate of drug-likeness (QED) is 0.410. The average molecular weight is 529 g/mol. The second-order valence-corrected chi connectivity index (χ2v) is 9.34. The standard InChI is InChI=1S/C26H26Cl2N4O4/c1-5-18(34)6-17-12-32(14(2)33)13-20(17)31-23-8-16-10-29-19(7-15(16)11-30-23)24-25(27)21(35-3)9-22(36-4)26(24)28/h5,7-11,17,20H,1,6,12-13H2,2-4H3,(H,30,31)/t17-,20+/m0/s1. The maximum Gasteiger partial charge on any atom is 0.219 e. The molecule has 1 N–H and O–H groups in total. The van der Waals surface area contributed by atoms with E-state index in [1.165, 1.54) is 27.2 Å². The van der Waals surface area contributed by atoms with E-state index in [9.17, 15) is 9.59 Å². The highest BCUT2D eigenvalue weighted by Crippen LogP contribution is 2.45. The number of pyridine rings is 2. The summed E-state index contributed by atoms with van der Waals surface area (Å²) in [5.41, 5.74) is 1.05. The zero-order valence-corrected chi connectivity index (χ0v) is 21.7. The third kappa shape index (κ3) is 5.10. The molecule has 10 heteroatoms. The molecule has 0 unspecified atom stereocenters. The average Bonchev–Trinajstić information content (AvgIpc) is 3.26. The maximum absolute atomic E-state index is 12.0. The number of halogens is 2. The van der Waals surface area contributed by atoms with Gasteiger partial charge in [-0.1, -0.05) is 29.8 Å². The van der Waals surface area contributed by atoms with Gasteiger partial charge >= 0.3 is 0 Å². The van der Waals surface area contributed by atoms with Crippen molar-refractivity contribution in [2.75, 3.05) is 32.6 Å². The Labute approximate surface area is 219 Å². The Kier molecular flexibility index (Phi) is 7.66. The summed E-state index contributed by atoms with van der Waals surface area (Å²) in [5.74, 6) is 1.37. The van der Waals surface area contributed by atoms with Gasteiger partial charge in [-0.05, 0) is 18.2 Å². The molecule has 8 nitrogen and oxygen atoms in total. The van der Waals surface area contributed by atoms with E-state index in [1.54, 1.807) is 23.4 Å². The van der Waals surface area contributed by atoms with Crippen LogP contribution in [0.4, 0.5) is 5.82 Å². The van der Waals surface area contributed by atoms with Gasteiger partial charge in [0.1, 0.15) is 17.3 Å². The van der Waals surface area contributed by atoms with Crippen LogP contribution in [0.3, 0.4) is 0 Å². The highest BCUT2D eigenvalue weighted by Gasteiger charge is 2.35. The Morgan fingerprint density at radius 3 is 2.33 bits per heavy atom. The van der Waals surface area contributed by atoms with E-state index in [1.807, 2.05) is 12.1 Å². The minimum absolute atomic E-state index is 0.0231. The van der Waals surface area contributed by atoms with Gasteiger partial charge in [0.05, 0.1) is 36.0 Å². The Morgan fingerprint density at radius 1 is 1.08 bits per heavy atom. The molecule has 1 saturated heterocycles. The van der Waals surface area contributed by atoms with E-state index in [-0.39, 0.29) is 23.7 Å². The number of hydrogen-bond acceptors (Lipinski definition) is 7. The van der Waals surface area contributed by atoms with Crippen LogP contribution in [0.2, 0.25) is 10.0 Å². The van der Waals surface area contributed by atoms with Crippen molar-refractivity contribution in [1.82, 2.24) is 14.9 Å². The summed E-state index contributed by atoms with van der Waals surface area (Å²) in [6.45, 7) is 6.10. The monoisotopic (exact) mass is 528 g/mol. The van der Waals surface area contributed by atoms with Gasteiger partial charge in [-0.25, -0.2) is 4.98 Å².